The van der Waals surface area contributed by atoms with Crippen molar-refractivity contribution in [2.75, 3.05) is 9.80 Å². The summed E-state index contributed by atoms with van der Waals surface area (Å²) in [7, 11) is 0. The first-order valence-electron chi connectivity index (χ1n) is 18.1. The quantitative estimate of drug-likeness (QED) is 0.152. The van der Waals surface area contributed by atoms with Crippen molar-refractivity contribution in [1.82, 2.24) is 0 Å². The van der Waals surface area contributed by atoms with E-state index in [1.165, 1.54) is 39.1 Å². The lowest BCUT2D eigenvalue weighted by molar-refractivity contribution is 0.564. The van der Waals surface area contributed by atoms with Crippen molar-refractivity contribution in [2.24, 2.45) is 0 Å². The van der Waals surface area contributed by atoms with Crippen LogP contribution in [0, 0.1) is 0 Å². The molecule has 8 rings (SSSR count). The number of fused-ring (bicyclic) bond motifs is 3. The van der Waals surface area contributed by atoms with Crippen molar-refractivity contribution in [2.45, 2.75) is 44.9 Å². The molecule has 250 valence electrons. The standard InChI is InChI=1S/C49H44N2/c1-5-49(4)46-24-16-15-23-44(46)45-34-33-43(35-47(45)49)51(40-21-13-8-14-22-40)42-31-27-37(28-32-42)48(2,3)36-25-29-41(30-26-36)50(38-17-9-6-10-18-38)39-19-11-7-12-20-39/h6-35H,5H2,1-4H3. The summed E-state index contributed by atoms with van der Waals surface area (Å²) in [4.78, 5) is 4.71. The van der Waals surface area contributed by atoms with Gasteiger partial charge in [-0.25, -0.2) is 0 Å². The Morgan fingerprint density at radius 1 is 0.412 bits per heavy atom. The number of nitrogens with zero attached hydrogens (tertiary/aromatic N) is 2. The summed E-state index contributed by atoms with van der Waals surface area (Å²) in [6.45, 7) is 9.35. The van der Waals surface area contributed by atoms with Gasteiger partial charge in [-0.15, -0.1) is 0 Å². The molecule has 1 atom stereocenters. The fourth-order valence-corrected chi connectivity index (χ4v) is 7.93. The monoisotopic (exact) mass is 660 g/mol. The Kier molecular flexibility index (Phi) is 8.32. The summed E-state index contributed by atoms with van der Waals surface area (Å²) >= 11 is 0. The Morgan fingerprint density at radius 2 is 0.784 bits per heavy atom. The normalized spacial score (nSPS) is 14.8. The summed E-state index contributed by atoms with van der Waals surface area (Å²) in [6.07, 6.45) is 1.05. The van der Waals surface area contributed by atoms with Gasteiger partial charge in [0, 0.05) is 45.0 Å². The van der Waals surface area contributed by atoms with E-state index >= 15 is 0 Å². The molecular weight excluding hydrogens is 617 g/mol. The first-order chi connectivity index (χ1) is 24.9. The Labute approximate surface area is 303 Å². The van der Waals surface area contributed by atoms with Crippen molar-refractivity contribution in [1.29, 1.82) is 0 Å². The van der Waals surface area contributed by atoms with E-state index in [-0.39, 0.29) is 10.8 Å². The lowest BCUT2D eigenvalue weighted by Crippen LogP contribution is -2.20. The molecule has 1 unspecified atom stereocenters. The van der Waals surface area contributed by atoms with Crippen molar-refractivity contribution in [3.8, 4) is 11.1 Å². The van der Waals surface area contributed by atoms with Gasteiger partial charge in [0.05, 0.1) is 0 Å². The van der Waals surface area contributed by atoms with E-state index < -0.39 is 0 Å². The van der Waals surface area contributed by atoms with E-state index in [0.29, 0.717) is 0 Å². The zero-order valence-corrected chi connectivity index (χ0v) is 29.9. The molecule has 1 aliphatic carbocycles. The second-order valence-electron chi connectivity index (χ2n) is 14.4. The molecule has 0 aromatic heterocycles. The molecule has 7 aromatic rings. The van der Waals surface area contributed by atoms with Crippen LogP contribution in [0.3, 0.4) is 0 Å². The van der Waals surface area contributed by atoms with E-state index in [2.05, 4.69) is 219 Å². The highest BCUT2D eigenvalue weighted by atomic mass is 15.1. The molecule has 0 amide bonds. The predicted molar refractivity (Wildman–Crippen MR) is 217 cm³/mol. The summed E-state index contributed by atoms with van der Waals surface area (Å²) < 4.78 is 0. The van der Waals surface area contributed by atoms with Crippen LogP contribution in [0.25, 0.3) is 11.1 Å². The third-order valence-corrected chi connectivity index (χ3v) is 11.1. The van der Waals surface area contributed by atoms with Crippen LogP contribution in [0.4, 0.5) is 34.1 Å². The first kappa shape index (κ1) is 32.4. The molecular formula is C49H44N2. The zero-order valence-electron chi connectivity index (χ0n) is 29.9. The van der Waals surface area contributed by atoms with Gasteiger partial charge in [0.2, 0.25) is 0 Å². The molecule has 0 N–H and O–H groups in total. The average Bonchev–Trinajstić information content (AvgIpc) is 3.44. The van der Waals surface area contributed by atoms with Crippen LogP contribution in [0.1, 0.15) is 56.4 Å². The van der Waals surface area contributed by atoms with Gasteiger partial charge in [-0.3, -0.25) is 0 Å². The zero-order chi connectivity index (χ0) is 35.0. The molecule has 51 heavy (non-hydrogen) atoms. The van der Waals surface area contributed by atoms with Gasteiger partial charge in [-0.05, 0) is 113 Å². The summed E-state index contributed by atoms with van der Waals surface area (Å²) in [5.41, 5.74) is 14.8. The van der Waals surface area contributed by atoms with E-state index in [1.807, 2.05) is 0 Å². The van der Waals surface area contributed by atoms with Crippen LogP contribution in [0.2, 0.25) is 0 Å². The average molecular weight is 661 g/mol. The third-order valence-electron chi connectivity index (χ3n) is 11.1. The SMILES string of the molecule is CCC1(C)c2ccccc2-c2ccc(N(c3ccccc3)c3ccc(C(C)(C)c4ccc(N(c5ccccc5)c5ccccc5)cc4)cc3)cc21. The lowest BCUT2D eigenvalue weighted by Gasteiger charge is -2.31. The van der Waals surface area contributed by atoms with Crippen molar-refractivity contribution >= 4 is 34.1 Å². The van der Waals surface area contributed by atoms with Crippen LogP contribution in [-0.4, -0.2) is 0 Å². The van der Waals surface area contributed by atoms with E-state index in [1.54, 1.807) is 0 Å². The fourth-order valence-electron chi connectivity index (χ4n) is 7.93. The van der Waals surface area contributed by atoms with Crippen LogP contribution in [0.5, 0.6) is 0 Å². The molecule has 0 saturated carbocycles. The summed E-state index contributed by atoms with van der Waals surface area (Å²) in [5, 5.41) is 0. The number of benzene rings is 7. The molecule has 0 aliphatic heterocycles. The van der Waals surface area contributed by atoms with Gasteiger partial charge in [-0.1, -0.05) is 137 Å². The molecule has 0 bridgehead atoms. The fraction of sp³-hybridized carbons (Fsp3) is 0.143. The highest BCUT2D eigenvalue weighted by molar-refractivity contribution is 5.85. The van der Waals surface area contributed by atoms with Crippen molar-refractivity contribution in [3.63, 3.8) is 0 Å². The summed E-state index contributed by atoms with van der Waals surface area (Å²) in [6, 6.07) is 66.1. The number of hydrogen-bond donors (Lipinski definition) is 0. The molecule has 2 heteroatoms. The summed E-state index contributed by atoms with van der Waals surface area (Å²) in [5.74, 6) is 0. The minimum Gasteiger partial charge on any atom is -0.311 e. The second-order valence-corrected chi connectivity index (χ2v) is 14.4. The van der Waals surface area contributed by atoms with Crippen molar-refractivity contribution < 1.29 is 0 Å². The molecule has 0 saturated heterocycles. The van der Waals surface area contributed by atoms with E-state index in [4.69, 9.17) is 0 Å². The predicted octanol–water partition coefficient (Wildman–Crippen LogP) is 13.6. The minimum atomic E-state index is -0.193. The van der Waals surface area contributed by atoms with Gasteiger partial charge in [0.1, 0.15) is 0 Å². The van der Waals surface area contributed by atoms with Gasteiger partial charge in [-0.2, -0.15) is 0 Å². The molecule has 2 nitrogen and oxygen atoms in total. The molecule has 0 spiro atoms. The lowest BCUT2D eigenvalue weighted by atomic mass is 9.77. The number of rotatable bonds is 9. The highest BCUT2D eigenvalue weighted by Gasteiger charge is 2.38. The largest absolute Gasteiger partial charge is 0.311 e. The van der Waals surface area contributed by atoms with Gasteiger partial charge >= 0.3 is 0 Å². The van der Waals surface area contributed by atoms with Crippen LogP contribution >= 0.6 is 0 Å². The minimum absolute atomic E-state index is 0.0209. The van der Waals surface area contributed by atoms with Crippen LogP contribution in [-0.2, 0) is 10.8 Å². The Hall–Kier alpha value is -5.86. The molecule has 0 heterocycles. The van der Waals surface area contributed by atoms with Crippen LogP contribution < -0.4 is 9.80 Å². The Morgan fingerprint density at radius 3 is 1.25 bits per heavy atom. The van der Waals surface area contributed by atoms with Gasteiger partial charge in [0.25, 0.3) is 0 Å². The van der Waals surface area contributed by atoms with Gasteiger partial charge in [0.15, 0.2) is 0 Å². The Balaban J connectivity index is 1.13. The maximum absolute atomic E-state index is 2.43. The maximum atomic E-state index is 2.43. The number of para-hydroxylation sites is 3. The molecule has 1 aliphatic rings. The highest BCUT2D eigenvalue weighted by Crippen LogP contribution is 2.52. The van der Waals surface area contributed by atoms with Crippen molar-refractivity contribution in [3.05, 3.63) is 204 Å². The smallest absolute Gasteiger partial charge is 0.0465 e. The maximum Gasteiger partial charge on any atom is 0.0465 e. The van der Waals surface area contributed by atoms with E-state index in [9.17, 15) is 0 Å². The number of hydrogen-bond acceptors (Lipinski definition) is 2. The topological polar surface area (TPSA) is 6.48 Å². The third kappa shape index (κ3) is 5.71. The van der Waals surface area contributed by atoms with Gasteiger partial charge < -0.3 is 9.80 Å². The molecule has 0 radical (unpaired) electrons. The first-order valence-corrected chi connectivity index (χ1v) is 18.1. The molecule has 0 fully saturated rings. The molecule has 7 aromatic carbocycles. The number of anilines is 6. The van der Waals surface area contributed by atoms with Crippen LogP contribution in [0.15, 0.2) is 182 Å². The Bertz CT molecular complexity index is 2220. The van der Waals surface area contributed by atoms with E-state index in [0.717, 1.165) is 34.9 Å². The second kappa shape index (κ2) is 13.1.